The number of hydrogen-bond donors (Lipinski definition) is 0. The van der Waals surface area contributed by atoms with Gasteiger partial charge >= 0.3 is 0 Å². The van der Waals surface area contributed by atoms with Gasteiger partial charge in [0, 0.05) is 30.9 Å². The highest BCUT2D eigenvalue weighted by Crippen LogP contribution is 2.35. The van der Waals surface area contributed by atoms with E-state index in [2.05, 4.69) is 16.2 Å². The Morgan fingerprint density at radius 1 is 1.11 bits per heavy atom. The van der Waals surface area contributed by atoms with Crippen molar-refractivity contribution in [3.05, 3.63) is 59.4 Å². The summed E-state index contributed by atoms with van der Waals surface area (Å²) in [6, 6.07) is 12.6. The second kappa shape index (κ2) is 6.66. The first-order chi connectivity index (χ1) is 13.6. The van der Waals surface area contributed by atoms with Crippen LogP contribution >= 0.6 is 0 Å². The van der Waals surface area contributed by atoms with Crippen LogP contribution in [0.5, 0.6) is 5.75 Å². The third-order valence-electron chi connectivity index (χ3n) is 6.02. The van der Waals surface area contributed by atoms with Gasteiger partial charge in [0.15, 0.2) is 0 Å². The Morgan fingerprint density at radius 3 is 2.68 bits per heavy atom. The Kier molecular flexibility index (Phi) is 4.11. The van der Waals surface area contributed by atoms with Gasteiger partial charge in [-0.2, -0.15) is 5.10 Å². The maximum Gasteiger partial charge on any atom is 0.254 e. The number of aromatic nitrogens is 2. The molecule has 5 nitrogen and oxygen atoms in total. The van der Waals surface area contributed by atoms with Gasteiger partial charge in [-0.05, 0) is 72.7 Å². The molecule has 1 atom stereocenters. The minimum atomic E-state index is 0.164. The number of carbonyl (C=O) groups excluding carboxylic acids is 1. The van der Waals surface area contributed by atoms with Crippen molar-refractivity contribution < 1.29 is 9.53 Å². The van der Waals surface area contributed by atoms with E-state index >= 15 is 0 Å². The number of carbonyl (C=O) groups is 1. The third kappa shape index (κ3) is 3.05. The number of rotatable bonds is 4. The molecule has 1 aromatic heterocycles. The molecule has 0 saturated heterocycles. The topological polar surface area (TPSA) is 47.4 Å². The molecule has 1 fully saturated rings. The van der Waals surface area contributed by atoms with E-state index in [0.717, 1.165) is 54.2 Å². The molecule has 1 unspecified atom stereocenters. The molecule has 0 N–H and O–H groups in total. The van der Waals surface area contributed by atoms with Crippen LogP contribution in [0.2, 0.25) is 0 Å². The average molecular weight is 375 g/mol. The Labute approximate surface area is 164 Å². The lowest BCUT2D eigenvalue weighted by Gasteiger charge is -2.34. The van der Waals surface area contributed by atoms with Crippen LogP contribution in [0, 0.1) is 0 Å². The second-order valence-corrected chi connectivity index (χ2v) is 8.04. The molecule has 1 saturated carbocycles. The van der Waals surface area contributed by atoms with E-state index in [1.54, 1.807) is 7.11 Å². The SMILES string of the molecule is COc1ccc2cc(C(=O)N(C3CC3)C3CCc4nn(C)cc4C3)ccc2c1. The van der Waals surface area contributed by atoms with Crippen molar-refractivity contribution in [2.75, 3.05) is 7.11 Å². The zero-order chi connectivity index (χ0) is 19.3. The number of methoxy groups -OCH3 is 1. The lowest BCUT2D eigenvalue weighted by molar-refractivity contribution is 0.0643. The molecule has 1 amide bonds. The van der Waals surface area contributed by atoms with Gasteiger partial charge < -0.3 is 9.64 Å². The van der Waals surface area contributed by atoms with E-state index < -0.39 is 0 Å². The standard InChI is InChI=1S/C23H25N3O2/c1-25-14-18-12-20(8-10-22(18)24-25)26(19-6-7-19)23(27)17-4-3-16-13-21(28-2)9-5-15(16)11-17/h3-5,9,11,13-14,19-20H,6-8,10,12H2,1-2H3. The van der Waals surface area contributed by atoms with Crippen molar-refractivity contribution in [2.45, 2.75) is 44.2 Å². The van der Waals surface area contributed by atoms with E-state index in [9.17, 15) is 4.79 Å². The lowest BCUT2D eigenvalue weighted by Crippen LogP contribution is -2.44. The molecule has 144 valence electrons. The van der Waals surface area contributed by atoms with Gasteiger partial charge in [-0.1, -0.05) is 12.1 Å². The first-order valence-electron chi connectivity index (χ1n) is 10.0. The zero-order valence-electron chi connectivity index (χ0n) is 16.4. The summed E-state index contributed by atoms with van der Waals surface area (Å²) in [5.74, 6) is 0.998. The first kappa shape index (κ1) is 17.3. The summed E-state index contributed by atoms with van der Waals surface area (Å²) in [7, 11) is 3.64. The number of hydrogen-bond acceptors (Lipinski definition) is 3. The molecular weight excluding hydrogens is 350 g/mol. The second-order valence-electron chi connectivity index (χ2n) is 8.04. The van der Waals surface area contributed by atoms with E-state index in [-0.39, 0.29) is 11.9 Å². The van der Waals surface area contributed by atoms with Crippen molar-refractivity contribution in [3.63, 3.8) is 0 Å². The van der Waals surface area contributed by atoms with Gasteiger partial charge in [0.2, 0.25) is 0 Å². The van der Waals surface area contributed by atoms with Gasteiger partial charge in [0.05, 0.1) is 12.8 Å². The number of fused-ring (bicyclic) bond motifs is 2. The summed E-state index contributed by atoms with van der Waals surface area (Å²) < 4.78 is 7.20. The maximum absolute atomic E-state index is 13.5. The molecule has 0 radical (unpaired) electrons. The number of benzene rings is 2. The highest BCUT2D eigenvalue weighted by atomic mass is 16.5. The van der Waals surface area contributed by atoms with Crippen LogP contribution in [0.15, 0.2) is 42.6 Å². The van der Waals surface area contributed by atoms with E-state index in [0.29, 0.717) is 6.04 Å². The van der Waals surface area contributed by atoms with Gasteiger partial charge in [-0.3, -0.25) is 9.48 Å². The van der Waals surface area contributed by atoms with Crippen molar-refractivity contribution in [1.82, 2.24) is 14.7 Å². The van der Waals surface area contributed by atoms with E-state index in [4.69, 9.17) is 4.74 Å². The summed E-state index contributed by atoms with van der Waals surface area (Å²) in [4.78, 5) is 15.7. The van der Waals surface area contributed by atoms with Crippen LogP contribution in [0.3, 0.4) is 0 Å². The molecule has 1 heterocycles. The number of aryl methyl sites for hydroxylation is 2. The quantitative estimate of drug-likeness (QED) is 0.698. The summed E-state index contributed by atoms with van der Waals surface area (Å²) in [6.07, 6.45) is 7.21. The molecule has 0 aliphatic heterocycles. The Hall–Kier alpha value is -2.82. The van der Waals surface area contributed by atoms with Gasteiger partial charge in [-0.15, -0.1) is 0 Å². The molecule has 2 aliphatic rings. The fraction of sp³-hybridized carbons (Fsp3) is 0.391. The van der Waals surface area contributed by atoms with Crippen LogP contribution in [-0.2, 0) is 19.9 Å². The minimum absolute atomic E-state index is 0.164. The van der Waals surface area contributed by atoms with Gasteiger partial charge in [0.25, 0.3) is 5.91 Å². The minimum Gasteiger partial charge on any atom is -0.497 e. The van der Waals surface area contributed by atoms with Crippen molar-refractivity contribution in [2.24, 2.45) is 7.05 Å². The molecule has 5 rings (SSSR count). The van der Waals surface area contributed by atoms with Crippen LogP contribution in [-0.4, -0.2) is 39.8 Å². The molecule has 3 aromatic rings. The highest BCUT2D eigenvalue weighted by molar-refractivity contribution is 5.99. The van der Waals surface area contributed by atoms with E-state index in [1.165, 1.54) is 11.3 Å². The third-order valence-corrected chi connectivity index (χ3v) is 6.02. The molecule has 0 spiro atoms. The predicted molar refractivity (Wildman–Crippen MR) is 109 cm³/mol. The Bertz CT molecular complexity index is 1050. The first-order valence-corrected chi connectivity index (χ1v) is 10.0. The van der Waals surface area contributed by atoms with Gasteiger partial charge in [-0.25, -0.2) is 0 Å². The number of ether oxygens (including phenoxy) is 1. The fourth-order valence-electron chi connectivity index (χ4n) is 4.48. The number of nitrogens with zero attached hydrogens (tertiary/aromatic N) is 3. The van der Waals surface area contributed by atoms with Crippen molar-refractivity contribution in [1.29, 1.82) is 0 Å². The monoisotopic (exact) mass is 375 g/mol. The average Bonchev–Trinajstić information content (AvgIpc) is 3.47. The molecular formula is C23H25N3O2. The van der Waals surface area contributed by atoms with E-state index in [1.807, 2.05) is 48.1 Å². The molecule has 5 heteroatoms. The lowest BCUT2D eigenvalue weighted by atomic mass is 9.91. The summed E-state index contributed by atoms with van der Waals surface area (Å²) in [5.41, 5.74) is 3.27. The van der Waals surface area contributed by atoms with Crippen LogP contribution in [0.25, 0.3) is 10.8 Å². The van der Waals surface area contributed by atoms with Crippen LogP contribution < -0.4 is 4.74 Å². The predicted octanol–water partition coefficient (Wildman–Crippen LogP) is 3.74. The molecule has 28 heavy (non-hydrogen) atoms. The summed E-state index contributed by atoms with van der Waals surface area (Å²) in [5, 5.41) is 6.72. The largest absolute Gasteiger partial charge is 0.497 e. The summed E-state index contributed by atoms with van der Waals surface area (Å²) in [6.45, 7) is 0. The molecule has 2 aliphatic carbocycles. The fourth-order valence-corrected chi connectivity index (χ4v) is 4.48. The normalized spacial score (nSPS) is 18.7. The highest BCUT2D eigenvalue weighted by Gasteiger charge is 2.39. The van der Waals surface area contributed by atoms with Gasteiger partial charge in [0.1, 0.15) is 5.75 Å². The Morgan fingerprint density at radius 2 is 1.89 bits per heavy atom. The number of amides is 1. The van der Waals surface area contributed by atoms with Crippen molar-refractivity contribution in [3.8, 4) is 5.75 Å². The summed E-state index contributed by atoms with van der Waals surface area (Å²) >= 11 is 0. The Balaban J connectivity index is 1.44. The smallest absolute Gasteiger partial charge is 0.254 e. The maximum atomic E-state index is 13.5. The van der Waals surface area contributed by atoms with Crippen LogP contribution in [0.1, 0.15) is 40.9 Å². The van der Waals surface area contributed by atoms with Crippen LogP contribution in [0.4, 0.5) is 0 Å². The van der Waals surface area contributed by atoms with Crippen molar-refractivity contribution >= 4 is 16.7 Å². The molecule has 2 aromatic carbocycles. The molecule has 0 bridgehead atoms. The zero-order valence-corrected chi connectivity index (χ0v) is 16.4.